The van der Waals surface area contributed by atoms with Gasteiger partial charge in [-0.05, 0) is 31.5 Å². The van der Waals surface area contributed by atoms with Gasteiger partial charge in [-0.25, -0.2) is 17.2 Å². The lowest BCUT2D eigenvalue weighted by atomic mass is 10.2. The van der Waals surface area contributed by atoms with Crippen LogP contribution in [0.2, 0.25) is 0 Å². The predicted octanol–water partition coefficient (Wildman–Crippen LogP) is 2.50. The van der Waals surface area contributed by atoms with E-state index >= 15 is 4.39 Å². The van der Waals surface area contributed by atoms with E-state index in [0.29, 0.717) is 12.1 Å². The molecular weight excluding hydrogens is 504 g/mol. The lowest BCUT2D eigenvalue weighted by Crippen LogP contribution is -2.47. The summed E-state index contributed by atoms with van der Waals surface area (Å²) in [6, 6.07) is 4.06. The van der Waals surface area contributed by atoms with Gasteiger partial charge in [-0.15, -0.1) is 5.53 Å². The lowest BCUT2D eigenvalue weighted by Gasteiger charge is -2.36. The number of ether oxygens (including phenoxy) is 1. The Morgan fingerprint density at radius 1 is 1.14 bits per heavy atom. The van der Waals surface area contributed by atoms with Crippen LogP contribution < -0.4 is 25.6 Å². The second kappa shape index (κ2) is 12.0. The van der Waals surface area contributed by atoms with Gasteiger partial charge in [0.05, 0.1) is 35.6 Å². The number of hydrogen-bond acceptors (Lipinski definition) is 9. The molecule has 0 aliphatic carbocycles. The lowest BCUT2D eigenvalue weighted by molar-refractivity contribution is 0.111. The van der Waals surface area contributed by atoms with Crippen LogP contribution in [0.1, 0.15) is 25.8 Å². The average Bonchev–Trinajstić information content (AvgIpc) is 3.36. The third-order valence-corrected chi connectivity index (χ3v) is 7.62. The fourth-order valence-electron chi connectivity index (χ4n) is 4.22. The molecule has 2 aliphatic heterocycles. The molecule has 2 aliphatic rings. The van der Waals surface area contributed by atoms with Crippen LogP contribution in [0.3, 0.4) is 0 Å². The van der Waals surface area contributed by atoms with Crippen molar-refractivity contribution in [3.8, 4) is 0 Å². The molecule has 1 aromatic carbocycles. The van der Waals surface area contributed by atoms with E-state index in [0.717, 1.165) is 74.3 Å². The van der Waals surface area contributed by atoms with E-state index in [1.807, 2.05) is 13.0 Å². The van der Waals surface area contributed by atoms with Crippen molar-refractivity contribution in [1.82, 2.24) is 20.8 Å². The van der Waals surface area contributed by atoms with Crippen molar-refractivity contribution < 1.29 is 21.9 Å². The monoisotopic (exact) mass is 537 g/mol. The molecule has 37 heavy (non-hydrogen) atoms. The van der Waals surface area contributed by atoms with Crippen molar-refractivity contribution in [3.63, 3.8) is 0 Å². The molecule has 13 heteroatoms. The smallest absolute Gasteiger partial charge is 0.232 e. The quantitative estimate of drug-likeness (QED) is 0.373. The summed E-state index contributed by atoms with van der Waals surface area (Å²) >= 11 is 0. The summed E-state index contributed by atoms with van der Waals surface area (Å²) in [5.74, 6) is -2.05. The van der Waals surface area contributed by atoms with Gasteiger partial charge >= 0.3 is 0 Å². The van der Waals surface area contributed by atoms with E-state index in [1.165, 1.54) is 6.20 Å². The molecule has 0 atom stereocenters. The van der Waals surface area contributed by atoms with Crippen molar-refractivity contribution in [2.45, 2.75) is 20.3 Å². The van der Waals surface area contributed by atoms with Crippen molar-refractivity contribution in [2.75, 3.05) is 66.3 Å². The first kappa shape index (κ1) is 27.0. The van der Waals surface area contributed by atoms with Crippen molar-refractivity contribution in [3.05, 3.63) is 54.0 Å². The highest BCUT2D eigenvalue weighted by Gasteiger charge is 2.25. The predicted molar refractivity (Wildman–Crippen MR) is 140 cm³/mol. The van der Waals surface area contributed by atoms with Gasteiger partial charge in [0.2, 0.25) is 10.0 Å². The molecule has 1 aromatic heterocycles. The molecule has 2 aromatic rings. The molecule has 3 N–H and O–H groups in total. The van der Waals surface area contributed by atoms with Crippen LogP contribution in [0.15, 0.2) is 36.8 Å². The number of benzene rings is 1. The van der Waals surface area contributed by atoms with Crippen LogP contribution in [0, 0.1) is 11.6 Å². The standard InChI is InChI=1S/C24H33F2N7O3S/c1-3-13-37(34,35)29-21-6-5-20(25)24(23(21)26)33-17-22(28-30-33)18-14-19(16-27-15-18)32-9-7-31(8-10-32)11-12-36-4-2/h5-6,14-17,28-30H,3-4,7-13H2,1-2H3. The van der Waals surface area contributed by atoms with E-state index in [4.69, 9.17) is 4.74 Å². The number of pyridine rings is 1. The van der Waals surface area contributed by atoms with Gasteiger partial charge in [-0.2, -0.15) is 0 Å². The van der Waals surface area contributed by atoms with E-state index in [1.54, 1.807) is 19.3 Å². The van der Waals surface area contributed by atoms with Crippen molar-refractivity contribution in [1.29, 1.82) is 0 Å². The summed E-state index contributed by atoms with van der Waals surface area (Å²) in [5, 5.41) is 1.14. The second-order valence-corrected chi connectivity index (χ2v) is 10.6. The first-order chi connectivity index (χ1) is 17.8. The second-order valence-electron chi connectivity index (χ2n) is 8.79. The molecule has 3 heterocycles. The van der Waals surface area contributed by atoms with E-state index < -0.39 is 27.3 Å². The Bertz CT molecular complexity index is 1220. The first-order valence-corrected chi connectivity index (χ1v) is 14.0. The zero-order chi connectivity index (χ0) is 26.4. The normalized spacial score (nSPS) is 16.6. The maximum absolute atomic E-state index is 15.2. The molecule has 202 valence electrons. The molecule has 0 radical (unpaired) electrons. The fraction of sp³-hybridized carbons (Fsp3) is 0.458. The highest BCUT2D eigenvalue weighted by molar-refractivity contribution is 7.92. The van der Waals surface area contributed by atoms with E-state index in [9.17, 15) is 12.8 Å². The van der Waals surface area contributed by atoms with E-state index in [-0.39, 0.29) is 11.4 Å². The highest BCUT2D eigenvalue weighted by atomic mass is 32.2. The Morgan fingerprint density at radius 3 is 2.65 bits per heavy atom. The Labute approximate surface area is 216 Å². The summed E-state index contributed by atoms with van der Waals surface area (Å²) in [7, 11) is -3.74. The molecule has 0 unspecified atom stereocenters. The molecule has 4 rings (SSSR count). The van der Waals surface area contributed by atoms with Crippen LogP contribution in [0.25, 0.3) is 5.70 Å². The SMILES string of the molecule is CCCS(=O)(=O)Nc1ccc(F)c(N2C=C(c3cncc(N4CCN(CCOCC)CC4)c3)NN2)c1F. The largest absolute Gasteiger partial charge is 0.380 e. The minimum atomic E-state index is -3.74. The Kier molecular flexibility index (Phi) is 8.79. The van der Waals surface area contributed by atoms with Crippen LogP contribution in [-0.2, 0) is 14.8 Å². The van der Waals surface area contributed by atoms with Gasteiger partial charge in [0, 0.05) is 57.3 Å². The summed E-state index contributed by atoms with van der Waals surface area (Å²) in [5.41, 5.74) is 7.11. The topological polar surface area (TPSA) is 102 Å². The number of nitrogens with one attached hydrogen (secondary N) is 3. The number of hydrogen-bond donors (Lipinski definition) is 3. The van der Waals surface area contributed by atoms with Crippen LogP contribution in [-0.4, -0.2) is 70.0 Å². The Hall–Kier alpha value is -3.00. The van der Waals surface area contributed by atoms with Gasteiger partial charge in [0.25, 0.3) is 0 Å². The molecule has 0 bridgehead atoms. The van der Waals surface area contributed by atoms with Crippen LogP contribution >= 0.6 is 0 Å². The summed E-state index contributed by atoms with van der Waals surface area (Å²) < 4.78 is 61.7. The number of hydrazine groups is 2. The number of rotatable bonds is 11. The fourth-order valence-corrected chi connectivity index (χ4v) is 5.36. The van der Waals surface area contributed by atoms with Crippen LogP contribution in [0.4, 0.5) is 25.8 Å². The number of halogens is 2. The zero-order valence-corrected chi connectivity index (χ0v) is 21.8. The van der Waals surface area contributed by atoms with E-state index in [2.05, 4.69) is 30.5 Å². The first-order valence-electron chi connectivity index (χ1n) is 12.3. The van der Waals surface area contributed by atoms with Gasteiger partial charge in [-0.1, -0.05) is 6.92 Å². The van der Waals surface area contributed by atoms with Gasteiger partial charge in [0.1, 0.15) is 5.69 Å². The number of sulfonamides is 1. The van der Waals surface area contributed by atoms with Gasteiger partial charge < -0.3 is 15.1 Å². The number of piperazine rings is 1. The molecule has 10 nitrogen and oxygen atoms in total. The number of anilines is 3. The molecule has 0 spiro atoms. The van der Waals surface area contributed by atoms with Crippen LogP contribution in [0.5, 0.6) is 0 Å². The zero-order valence-electron chi connectivity index (χ0n) is 21.0. The molecular formula is C24H33F2N7O3S. The maximum Gasteiger partial charge on any atom is 0.232 e. The number of aromatic nitrogens is 1. The minimum Gasteiger partial charge on any atom is -0.380 e. The highest BCUT2D eigenvalue weighted by Crippen LogP contribution is 2.31. The third kappa shape index (κ3) is 6.66. The summed E-state index contributed by atoms with van der Waals surface area (Å²) in [6.07, 6.45) is 5.32. The Morgan fingerprint density at radius 2 is 1.92 bits per heavy atom. The van der Waals surface area contributed by atoms with Gasteiger partial charge in [0.15, 0.2) is 11.6 Å². The summed E-state index contributed by atoms with van der Waals surface area (Å²) in [6.45, 7) is 9.59. The minimum absolute atomic E-state index is 0.168. The number of nitrogens with zero attached hydrogens (tertiary/aromatic N) is 4. The molecule has 0 amide bonds. The molecule has 1 saturated heterocycles. The van der Waals surface area contributed by atoms with Crippen molar-refractivity contribution in [2.24, 2.45) is 0 Å². The summed E-state index contributed by atoms with van der Waals surface area (Å²) in [4.78, 5) is 8.98. The molecule has 0 saturated carbocycles. The third-order valence-electron chi connectivity index (χ3n) is 6.14. The van der Waals surface area contributed by atoms with Gasteiger partial charge in [-0.3, -0.25) is 19.6 Å². The Balaban J connectivity index is 1.48. The average molecular weight is 538 g/mol. The van der Waals surface area contributed by atoms with Crippen molar-refractivity contribution >= 4 is 32.8 Å². The maximum atomic E-state index is 15.2. The molecule has 1 fully saturated rings.